The summed E-state index contributed by atoms with van der Waals surface area (Å²) in [5.41, 5.74) is -0.802. The number of alkyl halides is 3. The SMILES string of the molecule is CCC(C(=O)[O-])n1nnc(-c2nnc(OCCCOc3cc(C(F)(F)F)ccc3Br)s2)n1. The van der Waals surface area contributed by atoms with Gasteiger partial charge in [0, 0.05) is 6.42 Å². The minimum Gasteiger partial charge on any atom is -0.548 e. The lowest BCUT2D eigenvalue weighted by atomic mass is 10.2. The van der Waals surface area contributed by atoms with Crippen LogP contribution in [0.15, 0.2) is 22.7 Å². The Kier molecular flexibility index (Phi) is 7.60. The van der Waals surface area contributed by atoms with Crippen LogP contribution in [-0.4, -0.2) is 49.6 Å². The normalized spacial score (nSPS) is 12.5. The van der Waals surface area contributed by atoms with E-state index in [0.717, 1.165) is 28.3 Å². The van der Waals surface area contributed by atoms with Gasteiger partial charge in [-0.1, -0.05) is 23.4 Å². The van der Waals surface area contributed by atoms with Gasteiger partial charge in [0.15, 0.2) is 5.01 Å². The van der Waals surface area contributed by atoms with Crippen LogP contribution in [0.3, 0.4) is 0 Å². The molecule has 0 spiro atoms. The van der Waals surface area contributed by atoms with E-state index in [2.05, 4.69) is 41.5 Å². The standard InChI is InChI=1S/C17H16BrF3N6O4S/c1-2-11(15(28)29)27-25-13(22-26-27)14-23-24-16(32-14)31-7-3-6-30-12-8-9(17(19,20)21)4-5-10(12)18/h4-5,8,11H,2-3,6-7H2,1H3,(H,28,29)/p-1. The van der Waals surface area contributed by atoms with Crippen molar-refractivity contribution in [3.63, 3.8) is 0 Å². The van der Waals surface area contributed by atoms with Crippen molar-refractivity contribution in [2.75, 3.05) is 13.2 Å². The lowest BCUT2D eigenvalue weighted by molar-refractivity contribution is -0.311. The summed E-state index contributed by atoms with van der Waals surface area (Å²) in [5.74, 6) is -1.15. The van der Waals surface area contributed by atoms with Crippen molar-refractivity contribution in [2.45, 2.75) is 32.0 Å². The largest absolute Gasteiger partial charge is 0.548 e. The van der Waals surface area contributed by atoms with E-state index in [-0.39, 0.29) is 41.4 Å². The van der Waals surface area contributed by atoms with Crippen molar-refractivity contribution in [3.8, 4) is 21.8 Å². The molecule has 3 rings (SSSR count). The Bertz CT molecular complexity index is 1080. The van der Waals surface area contributed by atoms with Gasteiger partial charge in [0.2, 0.25) is 5.82 Å². The van der Waals surface area contributed by atoms with Gasteiger partial charge in [-0.2, -0.15) is 18.0 Å². The summed E-state index contributed by atoms with van der Waals surface area (Å²) in [7, 11) is 0. The van der Waals surface area contributed by atoms with Crippen molar-refractivity contribution in [1.29, 1.82) is 0 Å². The lowest BCUT2D eigenvalue weighted by Gasteiger charge is -2.13. The van der Waals surface area contributed by atoms with E-state index in [9.17, 15) is 23.1 Å². The monoisotopic (exact) mass is 535 g/mol. The number of carboxylic acid groups (broad SMARTS) is 1. The van der Waals surface area contributed by atoms with Crippen molar-refractivity contribution in [2.24, 2.45) is 0 Å². The topological polar surface area (TPSA) is 128 Å². The summed E-state index contributed by atoms with van der Waals surface area (Å²) in [6.45, 7) is 1.94. The third-order valence-electron chi connectivity index (χ3n) is 3.99. The number of carbonyl (C=O) groups is 1. The molecule has 1 atom stereocenters. The van der Waals surface area contributed by atoms with E-state index in [1.165, 1.54) is 6.07 Å². The highest BCUT2D eigenvalue weighted by Crippen LogP contribution is 2.35. The Morgan fingerprint density at radius 1 is 1.25 bits per heavy atom. The molecule has 0 N–H and O–H groups in total. The predicted molar refractivity (Wildman–Crippen MR) is 106 cm³/mol. The maximum atomic E-state index is 12.8. The Morgan fingerprint density at radius 3 is 2.69 bits per heavy atom. The molecule has 15 heteroatoms. The molecule has 1 unspecified atom stereocenters. The second-order valence-corrected chi connectivity index (χ2v) is 8.04. The summed E-state index contributed by atoms with van der Waals surface area (Å²) in [4.78, 5) is 12.0. The first-order valence-electron chi connectivity index (χ1n) is 9.15. The van der Waals surface area contributed by atoms with Crippen LogP contribution in [0.1, 0.15) is 31.4 Å². The Balaban J connectivity index is 1.50. The number of benzene rings is 1. The molecule has 2 heterocycles. The lowest BCUT2D eigenvalue weighted by Crippen LogP contribution is -2.34. The first kappa shape index (κ1) is 23.8. The van der Waals surface area contributed by atoms with Gasteiger partial charge in [0.05, 0.1) is 29.2 Å². The molecule has 0 aliphatic carbocycles. The average Bonchev–Trinajstić information content (AvgIpc) is 3.38. The van der Waals surface area contributed by atoms with Gasteiger partial charge in [-0.25, -0.2) is 0 Å². The van der Waals surface area contributed by atoms with E-state index in [1.54, 1.807) is 6.92 Å². The van der Waals surface area contributed by atoms with Gasteiger partial charge in [-0.05, 0) is 45.8 Å². The van der Waals surface area contributed by atoms with Crippen molar-refractivity contribution >= 4 is 33.2 Å². The maximum absolute atomic E-state index is 12.8. The molecule has 10 nitrogen and oxygen atoms in total. The van der Waals surface area contributed by atoms with Crippen LogP contribution in [-0.2, 0) is 11.0 Å². The summed E-state index contributed by atoms with van der Waals surface area (Å²) >= 11 is 4.19. The molecule has 0 amide bonds. The van der Waals surface area contributed by atoms with E-state index < -0.39 is 23.8 Å². The van der Waals surface area contributed by atoms with Crippen LogP contribution in [0.4, 0.5) is 13.2 Å². The van der Waals surface area contributed by atoms with Gasteiger partial charge in [0.25, 0.3) is 5.19 Å². The molecule has 3 aromatic rings. The number of hydrogen-bond donors (Lipinski definition) is 0. The molecule has 0 saturated heterocycles. The number of nitrogens with zero attached hydrogens (tertiary/aromatic N) is 6. The minimum atomic E-state index is -4.46. The second kappa shape index (κ2) is 10.2. The number of hydrogen-bond acceptors (Lipinski definition) is 10. The fourth-order valence-corrected chi connectivity index (χ4v) is 3.42. The number of rotatable bonds is 10. The van der Waals surface area contributed by atoms with E-state index in [4.69, 9.17) is 9.47 Å². The molecule has 0 aliphatic rings. The molecule has 0 bridgehead atoms. The van der Waals surface area contributed by atoms with Crippen LogP contribution < -0.4 is 14.6 Å². The Morgan fingerprint density at radius 2 is 2.00 bits per heavy atom. The van der Waals surface area contributed by atoms with Crippen molar-refractivity contribution in [1.82, 2.24) is 30.4 Å². The summed E-state index contributed by atoms with van der Waals surface area (Å²) in [5, 5.41) is 30.7. The molecule has 0 fully saturated rings. The Labute approximate surface area is 191 Å². The highest BCUT2D eigenvalue weighted by atomic mass is 79.9. The molecule has 172 valence electrons. The smallest absolute Gasteiger partial charge is 0.416 e. The zero-order valence-electron chi connectivity index (χ0n) is 16.4. The molecule has 0 radical (unpaired) electrons. The zero-order valence-corrected chi connectivity index (χ0v) is 18.8. The minimum absolute atomic E-state index is 0.0779. The highest BCUT2D eigenvalue weighted by molar-refractivity contribution is 9.10. The van der Waals surface area contributed by atoms with Crippen LogP contribution in [0.5, 0.6) is 10.9 Å². The first-order chi connectivity index (χ1) is 15.2. The molecule has 32 heavy (non-hydrogen) atoms. The summed E-state index contributed by atoms with van der Waals surface area (Å²) in [6, 6.07) is 2.11. The van der Waals surface area contributed by atoms with Crippen LogP contribution in [0.25, 0.3) is 10.8 Å². The quantitative estimate of drug-likeness (QED) is 0.359. The number of carboxylic acids is 1. The molecule has 0 aliphatic heterocycles. The number of carbonyl (C=O) groups excluding carboxylic acids is 1. The van der Waals surface area contributed by atoms with Gasteiger partial charge < -0.3 is 19.4 Å². The van der Waals surface area contributed by atoms with Crippen LogP contribution >= 0.6 is 27.3 Å². The maximum Gasteiger partial charge on any atom is 0.416 e. The van der Waals surface area contributed by atoms with Gasteiger partial charge in [-0.15, -0.1) is 15.3 Å². The second-order valence-electron chi connectivity index (χ2n) is 6.24. The number of halogens is 4. The molecule has 0 saturated carbocycles. The third-order valence-corrected chi connectivity index (χ3v) is 5.48. The van der Waals surface area contributed by atoms with E-state index in [0.29, 0.717) is 10.9 Å². The number of aromatic nitrogens is 6. The molecule has 2 aromatic heterocycles. The van der Waals surface area contributed by atoms with E-state index in [1.807, 2.05) is 0 Å². The Hall–Kier alpha value is -2.81. The molecule has 1 aromatic carbocycles. The number of ether oxygens (including phenoxy) is 2. The zero-order chi connectivity index (χ0) is 23.3. The fraction of sp³-hybridized carbons (Fsp3) is 0.412. The highest BCUT2D eigenvalue weighted by Gasteiger charge is 2.31. The summed E-state index contributed by atoms with van der Waals surface area (Å²) < 4.78 is 49.7. The predicted octanol–water partition coefficient (Wildman–Crippen LogP) is 2.52. The van der Waals surface area contributed by atoms with Gasteiger partial charge in [0.1, 0.15) is 11.8 Å². The summed E-state index contributed by atoms with van der Waals surface area (Å²) in [6.07, 6.45) is -3.86. The van der Waals surface area contributed by atoms with Crippen LogP contribution in [0.2, 0.25) is 0 Å². The fourth-order valence-electron chi connectivity index (χ4n) is 2.42. The van der Waals surface area contributed by atoms with Crippen molar-refractivity contribution in [3.05, 3.63) is 28.2 Å². The molecular formula is C17H15BrF3N6O4S-. The number of aliphatic carboxylic acids is 1. The average molecular weight is 536 g/mol. The van der Waals surface area contributed by atoms with Crippen LogP contribution in [0, 0.1) is 0 Å². The van der Waals surface area contributed by atoms with E-state index >= 15 is 0 Å². The molecular weight excluding hydrogens is 521 g/mol. The third kappa shape index (κ3) is 5.91. The van der Waals surface area contributed by atoms with Gasteiger partial charge >= 0.3 is 6.18 Å². The van der Waals surface area contributed by atoms with Gasteiger partial charge in [-0.3, -0.25) is 0 Å². The number of tetrazole rings is 1. The van der Waals surface area contributed by atoms with Crippen molar-refractivity contribution < 1.29 is 32.5 Å². The first-order valence-corrected chi connectivity index (χ1v) is 10.8.